The van der Waals surface area contributed by atoms with E-state index in [0.29, 0.717) is 0 Å². The molecule has 0 spiro atoms. The molecule has 18 heavy (non-hydrogen) atoms. The molecule has 0 bridgehead atoms. The maximum atomic E-state index is 12.7. The molecule has 0 amide bonds. The lowest BCUT2D eigenvalue weighted by molar-refractivity contribution is 0.628. The first-order chi connectivity index (χ1) is 8.74. The average molecular weight is 279 g/mol. The molecule has 2 aromatic rings. The zero-order chi connectivity index (χ0) is 12.8. The summed E-state index contributed by atoms with van der Waals surface area (Å²) in [6.07, 6.45) is 1.97. The number of benzene rings is 2. The second kappa shape index (κ2) is 6.62. The van der Waals surface area contributed by atoms with E-state index >= 15 is 0 Å². The van der Waals surface area contributed by atoms with E-state index in [1.54, 1.807) is 23.9 Å². The Morgan fingerprint density at radius 2 is 1.67 bits per heavy atom. The van der Waals surface area contributed by atoms with Crippen molar-refractivity contribution in [3.05, 3.63) is 75.9 Å². The van der Waals surface area contributed by atoms with E-state index in [9.17, 15) is 4.39 Å². The van der Waals surface area contributed by atoms with Crippen LogP contribution in [0.25, 0.3) is 6.08 Å². The highest BCUT2D eigenvalue weighted by Crippen LogP contribution is 2.17. The molecule has 0 saturated carbocycles. The maximum absolute atomic E-state index is 12.7. The third kappa shape index (κ3) is 4.21. The number of hydrogen-bond donors (Lipinski definition) is 0. The minimum absolute atomic E-state index is 0.207. The van der Waals surface area contributed by atoms with Crippen molar-refractivity contribution in [1.29, 1.82) is 0 Å². The van der Waals surface area contributed by atoms with Gasteiger partial charge in [0.05, 0.1) is 0 Å². The Labute approximate surface area is 115 Å². The van der Waals surface area contributed by atoms with Gasteiger partial charge in [-0.3, -0.25) is 0 Å². The van der Waals surface area contributed by atoms with E-state index in [0.717, 1.165) is 16.3 Å². The molecule has 0 aliphatic carbocycles. The summed E-state index contributed by atoms with van der Waals surface area (Å²) in [5.74, 6) is 0.690. The quantitative estimate of drug-likeness (QED) is 0.723. The lowest BCUT2D eigenvalue weighted by Crippen LogP contribution is -1.77. The number of rotatable bonds is 4. The van der Waals surface area contributed by atoms with Gasteiger partial charge in [0.15, 0.2) is 0 Å². The first kappa shape index (κ1) is 13.2. The highest BCUT2D eigenvalue weighted by Gasteiger charge is 1.92. The average Bonchev–Trinajstić information content (AvgIpc) is 2.39. The predicted octanol–water partition coefficient (Wildman–Crippen LogP) is 5.38. The van der Waals surface area contributed by atoms with Gasteiger partial charge < -0.3 is 0 Å². The van der Waals surface area contributed by atoms with Gasteiger partial charge in [-0.25, -0.2) is 4.39 Å². The summed E-state index contributed by atoms with van der Waals surface area (Å²) < 4.78 is 12.7. The fraction of sp³-hybridized carbons (Fsp3) is 0.0667. The molecule has 0 heterocycles. The van der Waals surface area contributed by atoms with Gasteiger partial charge in [-0.15, -0.1) is 11.8 Å². The summed E-state index contributed by atoms with van der Waals surface area (Å²) in [7, 11) is 0. The van der Waals surface area contributed by atoms with Gasteiger partial charge in [-0.1, -0.05) is 35.9 Å². The summed E-state index contributed by atoms with van der Waals surface area (Å²) >= 11 is 7.51. The molecular formula is C15H12ClFS. The summed E-state index contributed by atoms with van der Waals surface area (Å²) in [6.45, 7) is 0. The van der Waals surface area contributed by atoms with Crippen LogP contribution >= 0.6 is 23.4 Å². The van der Waals surface area contributed by atoms with Crippen molar-refractivity contribution in [2.45, 2.75) is 5.75 Å². The minimum Gasteiger partial charge on any atom is -0.207 e. The van der Waals surface area contributed by atoms with Crippen molar-refractivity contribution in [1.82, 2.24) is 0 Å². The summed E-state index contributed by atoms with van der Waals surface area (Å²) in [5.41, 5.74) is 2.23. The Morgan fingerprint density at radius 1 is 1.00 bits per heavy atom. The van der Waals surface area contributed by atoms with Crippen molar-refractivity contribution in [2.24, 2.45) is 0 Å². The topological polar surface area (TPSA) is 0 Å². The monoisotopic (exact) mass is 278 g/mol. The highest BCUT2D eigenvalue weighted by atomic mass is 35.5. The molecule has 2 aromatic carbocycles. The van der Waals surface area contributed by atoms with Crippen molar-refractivity contribution in [3.63, 3.8) is 0 Å². The smallest absolute Gasteiger partial charge is 0.123 e. The van der Waals surface area contributed by atoms with Gasteiger partial charge in [0.2, 0.25) is 0 Å². The lowest BCUT2D eigenvalue weighted by Gasteiger charge is -1.98. The number of hydrogen-bond acceptors (Lipinski definition) is 1. The van der Waals surface area contributed by atoms with Crippen LogP contribution in [0.2, 0.25) is 5.02 Å². The van der Waals surface area contributed by atoms with Gasteiger partial charge in [0.1, 0.15) is 5.82 Å². The predicted molar refractivity (Wildman–Crippen MR) is 78.2 cm³/mol. The highest BCUT2D eigenvalue weighted by molar-refractivity contribution is 8.01. The van der Waals surface area contributed by atoms with Crippen LogP contribution in [0.15, 0.2) is 53.9 Å². The molecule has 3 heteroatoms. The Balaban J connectivity index is 1.84. The molecule has 0 aliphatic heterocycles. The van der Waals surface area contributed by atoms with Gasteiger partial charge >= 0.3 is 0 Å². The molecule has 0 fully saturated rings. The van der Waals surface area contributed by atoms with Crippen molar-refractivity contribution in [3.8, 4) is 0 Å². The van der Waals surface area contributed by atoms with E-state index in [1.807, 2.05) is 35.7 Å². The van der Waals surface area contributed by atoms with Crippen LogP contribution in [0.5, 0.6) is 0 Å². The fourth-order valence-electron chi connectivity index (χ4n) is 1.43. The number of halogens is 2. The first-order valence-electron chi connectivity index (χ1n) is 5.52. The molecule has 0 aliphatic rings. The molecule has 92 valence electrons. The van der Waals surface area contributed by atoms with Crippen LogP contribution in [0, 0.1) is 5.82 Å². The third-order valence-electron chi connectivity index (χ3n) is 2.39. The van der Waals surface area contributed by atoms with E-state index in [4.69, 9.17) is 11.6 Å². The Bertz CT molecular complexity index is 517. The molecule has 0 saturated heterocycles. The molecule has 0 unspecified atom stereocenters. The molecule has 0 nitrogen and oxygen atoms in total. The Kier molecular flexibility index (Phi) is 4.85. The van der Waals surface area contributed by atoms with Crippen molar-refractivity contribution in [2.75, 3.05) is 0 Å². The van der Waals surface area contributed by atoms with Crippen LogP contribution in [-0.4, -0.2) is 0 Å². The summed E-state index contributed by atoms with van der Waals surface area (Å²) in [6, 6.07) is 14.3. The van der Waals surface area contributed by atoms with E-state index in [2.05, 4.69) is 0 Å². The molecule has 0 aromatic heterocycles. The van der Waals surface area contributed by atoms with Gasteiger partial charge in [0.25, 0.3) is 0 Å². The molecule has 2 rings (SSSR count). The maximum Gasteiger partial charge on any atom is 0.123 e. The number of thioether (sulfide) groups is 1. The first-order valence-corrected chi connectivity index (χ1v) is 6.95. The van der Waals surface area contributed by atoms with Crippen LogP contribution in [-0.2, 0) is 5.75 Å². The van der Waals surface area contributed by atoms with Crippen molar-refractivity contribution >= 4 is 29.4 Å². The Morgan fingerprint density at radius 3 is 2.33 bits per heavy atom. The molecular weight excluding hydrogens is 267 g/mol. The second-order valence-corrected chi connectivity index (χ2v) is 5.12. The van der Waals surface area contributed by atoms with E-state index in [-0.39, 0.29) is 5.82 Å². The van der Waals surface area contributed by atoms with Crippen LogP contribution in [0.1, 0.15) is 11.1 Å². The normalized spacial score (nSPS) is 11.0. The van der Waals surface area contributed by atoms with Crippen molar-refractivity contribution < 1.29 is 4.39 Å². The lowest BCUT2D eigenvalue weighted by atomic mass is 10.2. The van der Waals surface area contributed by atoms with E-state index < -0.39 is 0 Å². The summed E-state index contributed by atoms with van der Waals surface area (Å²) in [4.78, 5) is 0. The Hall–Kier alpha value is -1.25. The van der Waals surface area contributed by atoms with E-state index in [1.165, 1.54) is 17.7 Å². The third-order valence-corrected chi connectivity index (χ3v) is 3.47. The van der Waals surface area contributed by atoms with Gasteiger partial charge in [0, 0.05) is 10.8 Å². The van der Waals surface area contributed by atoms with Gasteiger partial charge in [-0.05, 0) is 46.9 Å². The van der Waals surface area contributed by atoms with Gasteiger partial charge in [-0.2, -0.15) is 0 Å². The SMILES string of the molecule is Fc1ccc(/C=C\SCc2ccc(Cl)cc2)cc1. The van der Waals surface area contributed by atoms with Crippen LogP contribution < -0.4 is 0 Å². The zero-order valence-electron chi connectivity index (χ0n) is 9.64. The fourth-order valence-corrected chi connectivity index (χ4v) is 2.29. The zero-order valence-corrected chi connectivity index (χ0v) is 11.2. The molecule has 0 atom stereocenters. The molecule has 0 radical (unpaired) electrons. The van der Waals surface area contributed by atoms with Crippen LogP contribution in [0.3, 0.4) is 0 Å². The summed E-state index contributed by atoms with van der Waals surface area (Å²) in [5, 5.41) is 2.77. The largest absolute Gasteiger partial charge is 0.207 e. The standard InChI is InChI=1S/C15H12ClFS/c16-14-5-1-13(2-6-14)11-18-10-9-12-3-7-15(17)8-4-12/h1-10H,11H2/b10-9-. The molecule has 0 N–H and O–H groups in total. The minimum atomic E-state index is -0.207. The van der Waals surface area contributed by atoms with Crippen LogP contribution in [0.4, 0.5) is 4.39 Å². The second-order valence-electron chi connectivity index (χ2n) is 3.79.